The number of anilines is 1. The number of nitrogens with one attached hydrogen (secondary N) is 2. The normalized spacial score (nSPS) is 34.1. The van der Waals surface area contributed by atoms with Gasteiger partial charge in [-0.05, 0) is 52.4 Å². The molecule has 18 heteroatoms. The predicted octanol–water partition coefficient (Wildman–Crippen LogP) is 3.20. The van der Waals surface area contributed by atoms with Gasteiger partial charge in [0.15, 0.2) is 18.7 Å². The molecule has 60 heavy (non-hydrogen) atoms. The molecule has 3 aromatic heterocycles. The fourth-order valence-electron chi connectivity index (χ4n) is 10.2. The third-order valence-electron chi connectivity index (χ3n) is 13.6. The lowest BCUT2D eigenvalue weighted by atomic mass is 9.78. The fourth-order valence-corrected chi connectivity index (χ4v) is 10.2. The highest BCUT2D eigenvalue weighted by Gasteiger charge is 2.58. The van der Waals surface area contributed by atoms with Crippen molar-refractivity contribution in [1.29, 1.82) is 0 Å². The van der Waals surface area contributed by atoms with Gasteiger partial charge in [-0.25, -0.2) is 14.4 Å². The van der Waals surface area contributed by atoms with E-state index in [2.05, 4.69) is 42.6 Å². The number of nitrogen functional groups attached to an aromatic ring is 1. The van der Waals surface area contributed by atoms with E-state index >= 15 is 0 Å². The molecule has 0 aliphatic carbocycles. The molecule has 5 fully saturated rings. The van der Waals surface area contributed by atoms with E-state index in [1.807, 2.05) is 20.8 Å². The lowest BCUT2D eigenvalue weighted by Gasteiger charge is -2.37. The van der Waals surface area contributed by atoms with Crippen molar-refractivity contribution in [2.45, 2.75) is 161 Å². The maximum atomic E-state index is 12.2. The number of aryl methyl sites for hydroxylation is 2. The van der Waals surface area contributed by atoms with E-state index in [0.717, 1.165) is 56.9 Å². The van der Waals surface area contributed by atoms with Crippen LogP contribution in [0.25, 0.3) is 0 Å². The molecule has 3 aromatic rings. The van der Waals surface area contributed by atoms with Gasteiger partial charge in [0.05, 0.1) is 17.3 Å². The van der Waals surface area contributed by atoms with Crippen LogP contribution in [0, 0.1) is 31.6 Å². The first-order valence-corrected chi connectivity index (χ1v) is 21.5. The maximum Gasteiger partial charge on any atom is 0.351 e. The minimum absolute atomic E-state index is 0.0128. The van der Waals surface area contributed by atoms with Crippen molar-refractivity contribution in [3.63, 3.8) is 0 Å². The molecule has 8 rings (SSSR count). The van der Waals surface area contributed by atoms with Crippen molar-refractivity contribution in [1.82, 2.24) is 28.7 Å². The van der Waals surface area contributed by atoms with Gasteiger partial charge in [0, 0.05) is 79.6 Å². The lowest BCUT2D eigenvalue weighted by molar-refractivity contribution is -0.0920. The van der Waals surface area contributed by atoms with Crippen molar-refractivity contribution in [2.75, 3.05) is 18.9 Å². The summed E-state index contributed by atoms with van der Waals surface area (Å²) < 4.78 is 34.5. The third kappa shape index (κ3) is 8.25. The summed E-state index contributed by atoms with van der Waals surface area (Å²) in [5.41, 5.74) is 4.40. The zero-order valence-corrected chi connectivity index (χ0v) is 36.0. The molecule has 18 nitrogen and oxygen atoms in total. The number of nitrogens with two attached hydrogens (primary N) is 1. The zero-order valence-electron chi connectivity index (χ0n) is 36.0. The summed E-state index contributed by atoms with van der Waals surface area (Å²) in [6, 6.07) is 1.25. The van der Waals surface area contributed by atoms with Crippen LogP contribution in [0.3, 0.4) is 0 Å². The summed E-state index contributed by atoms with van der Waals surface area (Å²) in [6.07, 6.45) is 9.13. The van der Waals surface area contributed by atoms with Crippen LogP contribution < -0.4 is 33.9 Å². The number of rotatable bonds is 9. The summed E-state index contributed by atoms with van der Waals surface area (Å²) in [5, 5.41) is 10.2. The van der Waals surface area contributed by atoms with Crippen LogP contribution in [0.5, 0.6) is 0 Å². The molecule has 8 heterocycles. The average Bonchev–Trinajstić information content (AvgIpc) is 3.72. The monoisotopic (exact) mass is 841 g/mol. The van der Waals surface area contributed by atoms with Gasteiger partial charge in [0.25, 0.3) is 11.1 Å². The SMILES string of the molecule is CC[C@@H]1C(O)[C@H](n2ccc(=O)[nH]c2=O)O[C@@H]1CC.CC[C@@H]1C2OCC[C@]1(CC)O[C@H]2n1cc(C)c(=O)[nH]c1=O.CC[C@@H]1C2OCC[C@]1(CC)O[C@H]2n1cc(C)c(N)nc1=O. The van der Waals surface area contributed by atoms with Crippen molar-refractivity contribution in [3.8, 4) is 0 Å². The Morgan fingerprint density at radius 3 is 1.78 bits per heavy atom. The number of hydrogen-bond acceptors (Lipinski definition) is 13. The molecule has 0 saturated carbocycles. The van der Waals surface area contributed by atoms with Crippen LogP contribution in [0.15, 0.2) is 48.6 Å². The molecular formula is C42H63N7O11. The van der Waals surface area contributed by atoms with E-state index in [1.54, 1.807) is 23.9 Å². The van der Waals surface area contributed by atoms with Gasteiger partial charge in [-0.15, -0.1) is 0 Å². The van der Waals surface area contributed by atoms with Crippen LogP contribution in [-0.2, 0) is 23.7 Å². The number of aliphatic hydroxyl groups excluding tert-OH is 1. The zero-order chi connectivity index (χ0) is 43.7. The number of fused-ring (bicyclic) bond motifs is 4. The quantitative estimate of drug-likeness (QED) is 0.243. The van der Waals surface area contributed by atoms with Gasteiger partial charge in [-0.3, -0.25) is 33.3 Å². The minimum Gasteiger partial charge on any atom is -0.388 e. The Hall–Kier alpha value is -4.20. The lowest BCUT2D eigenvalue weighted by Crippen LogP contribution is -2.44. The highest BCUT2D eigenvalue weighted by molar-refractivity contribution is 5.35. The van der Waals surface area contributed by atoms with Crippen molar-refractivity contribution in [2.24, 2.45) is 17.8 Å². The van der Waals surface area contributed by atoms with Crippen LogP contribution in [-0.4, -0.2) is 82.6 Å². The highest BCUT2D eigenvalue weighted by Crippen LogP contribution is 2.52. The second-order valence-electron chi connectivity index (χ2n) is 16.6. The predicted molar refractivity (Wildman–Crippen MR) is 222 cm³/mol. The molecular weight excluding hydrogens is 778 g/mol. The Balaban J connectivity index is 0.000000152. The van der Waals surface area contributed by atoms with Gasteiger partial charge >= 0.3 is 17.1 Å². The van der Waals surface area contributed by atoms with E-state index in [4.69, 9.17) is 29.4 Å². The molecule has 5 aliphatic heterocycles. The summed E-state index contributed by atoms with van der Waals surface area (Å²) in [4.78, 5) is 66.9. The summed E-state index contributed by atoms with van der Waals surface area (Å²) in [7, 11) is 0. The minimum atomic E-state index is -0.733. The second kappa shape index (κ2) is 18.4. The number of aliphatic hydroxyl groups is 1. The van der Waals surface area contributed by atoms with Crippen LogP contribution in [0.1, 0.15) is 123 Å². The standard InChI is InChI=1S/C15H23N3O3.C15H22N2O4.C12H18N2O4/c1-4-10-11-13(21-15(10,5-2)6-7-20-11)18-8-9(3)12(16)17-14(18)19;1-4-10-11-13(21-15(10,5-2)6-7-20-11)17-8-9(3)12(18)16-14(17)19;1-3-7-8(4-2)18-11(10(7)16)14-6-5-9(15)13-12(14)17/h8,10-11,13H,4-7H2,1-3H3,(H2,16,17,19);8,10-11,13H,4-7H2,1-3H3,(H,16,18,19);5-8,10-11,16H,3-4H2,1-2H3,(H,13,15,17)/t2*10-,11?,13-,15+;7-,8+,10?,11+/m110/s1. The number of nitrogens with zero attached hydrogens (tertiary/aromatic N) is 4. The summed E-state index contributed by atoms with van der Waals surface area (Å²) in [5.74, 6) is 0.876. The third-order valence-corrected chi connectivity index (χ3v) is 13.6. The van der Waals surface area contributed by atoms with Crippen molar-refractivity contribution < 1.29 is 28.8 Å². The number of aromatic amines is 2. The summed E-state index contributed by atoms with van der Waals surface area (Å²) in [6.45, 7) is 17.4. The number of H-pyrrole nitrogens is 2. The summed E-state index contributed by atoms with van der Waals surface area (Å²) >= 11 is 0. The largest absolute Gasteiger partial charge is 0.388 e. The molecule has 0 spiro atoms. The molecule has 332 valence electrons. The molecule has 5 aliphatic rings. The molecule has 5 saturated heterocycles. The van der Waals surface area contributed by atoms with Crippen molar-refractivity contribution >= 4 is 5.82 Å². The van der Waals surface area contributed by atoms with E-state index in [-0.39, 0.29) is 58.4 Å². The Morgan fingerprint density at radius 1 is 0.750 bits per heavy atom. The molecule has 0 amide bonds. The fraction of sp³-hybridized carbons (Fsp3) is 0.714. The maximum absolute atomic E-state index is 12.2. The Labute approximate surface area is 348 Å². The first kappa shape index (κ1) is 45.3. The number of hydrogen-bond donors (Lipinski definition) is 4. The molecule has 0 radical (unpaired) electrons. The van der Waals surface area contributed by atoms with Gasteiger partial charge in [-0.2, -0.15) is 4.98 Å². The molecule has 12 atom stereocenters. The number of aromatic nitrogens is 6. The average molecular weight is 842 g/mol. The van der Waals surface area contributed by atoms with Crippen LogP contribution >= 0.6 is 0 Å². The number of ether oxygens (including phenoxy) is 5. The van der Waals surface area contributed by atoms with E-state index in [1.165, 1.54) is 21.4 Å². The molecule has 5 N–H and O–H groups in total. The molecule has 0 aromatic carbocycles. The molecule has 3 unspecified atom stereocenters. The van der Waals surface area contributed by atoms with Crippen molar-refractivity contribution in [3.05, 3.63) is 87.9 Å². The molecule has 4 bridgehead atoms. The van der Waals surface area contributed by atoms with E-state index in [0.29, 0.717) is 24.7 Å². The Morgan fingerprint density at radius 2 is 1.30 bits per heavy atom. The Kier molecular flexibility index (Phi) is 13.9. The van der Waals surface area contributed by atoms with Gasteiger partial charge < -0.3 is 34.5 Å². The van der Waals surface area contributed by atoms with E-state index < -0.39 is 41.7 Å². The first-order valence-electron chi connectivity index (χ1n) is 21.5. The Bertz CT molecular complexity index is 2270. The van der Waals surface area contributed by atoms with Gasteiger partial charge in [0.1, 0.15) is 24.1 Å². The van der Waals surface area contributed by atoms with Crippen LogP contribution in [0.2, 0.25) is 0 Å². The topological polar surface area (TPSA) is 237 Å². The smallest absolute Gasteiger partial charge is 0.351 e. The van der Waals surface area contributed by atoms with Gasteiger partial charge in [0.2, 0.25) is 0 Å². The van der Waals surface area contributed by atoms with Crippen LogP contribution in [0.4, 0.5) is 5.82 Å². The van der Waals surface area contributed by atoms with Gasteiger partial charge in [-0.1, -0.05) is 41.5 Å². The highest BCUT2D eigenvalue weighted by atomic mass is 16.6. The van der Waals surface area contributed by atoms with E-state index in [9.17, 15) is 29.1 Å². The first-order chi connectivity index (χ1) is 28.6. The second-order valence-corrected chi connectivity index (χ2v) is 16.6.